The zero-order chi connectivity index (χ0) is 11.8. The molecule has 0 spiro atoms. The Bertz CT molecular complexity index is 216. The number of hydrogen-bond acceptors (Lipinski definition) is 3. The van der Waals surface area contributed by atoms with E-state index in [-0.39, 0.29) is 11.9 Å². The largest absolute Gasteiger partial charge is 0.442 e. The Kier molecular flexibility index (Phi) is 6.75. The summed E-state index contributed by atoms with van der Waals surface area (Å²) in [5.41, 5.74) is 0. The number of nitrogens with zero attached hydrogens (tertiary/aromatic N) is 1. The predicted octanol–water partition coefficient (Wildman–Crippen LogP) is 1.93. The maximum Gasteiger partial charge on any atom is 0.307 e. The van der Waals surface area contributed by atoms with Crippen molar-refractivity contribution in [3.8, 4) is 0 Å². The molecule has 0 saturated carbocycles. The highest BCUT2D eigenvalue weighted by Crippen LogP contribution is 2.05. The predicted molar refractivity (Wildman–Crippen MR) is 58.1 cm³/mol. The Labute approximate surface area is 91.6 Å². The molecule has 15 heavy (non-hydrogen) atoms. The number of carbonyl (C=O) groups excluding carboxylic acids is 2. The first kappa shape index (κ1) is 13.9. The summed E-state index contributed by atoms with van der Waals surface area (Å²) in [6.45, 7) is 7.65. The smallest absolute Gasteiger partial charge is 0.307 e. The van der Waals surface area contributed by atoms with Crippen molar-refractivity contribution in [2.24, 2.45) is 0 Å². The molecule has 0 heterocycles. The van der Waals surface area contributed by atoms with E-state index in [9.17, 15) is 9.59 Å². The molecule has 1 unspecified atom stereocenters. The van der Waals surface area contributed by atoms with Crippen LogP contribution in [-0.2, 0) is 14.3 Å². The lowest BCUT2D eigenvalue weighted by Crippen LogP contribution is -2.40. The Morgan fingerprint density at radius 3 is 2.33 bits per heavy atom. The Morgan fingerprint density at radius 1 is 1.33 bits per heavy atom. The average Bonchev–Trinajstić information content (AvgIpc) is 2.17. The van der Waals surface area contributed by atoms with Crippen molar-refractivity contribution in [1.29, 1.82) is 0 Å². The highest BCUT2D eigenvalue weighted by atomic mass is 16.6. The highest BCUT2D eigenvalue weighted by molar-refractivity contribution is 5.74. The standard InChI is InChI=1S/C11H21NO3/c1-5-7-8-12(9(3)13)10(4)15-11(14)6-2/h10H,5-8H2,1-4H3. The zero-order valence-electron chi connectivity index (χ0n) is 10.1. The Hall–Kier alpha value is -1.06. The molecule has 88 valence electrons. The van der Waals surface area contributed by atoms with Crippen molar-refractivity contribution in [1.82, 2.24) is 4.90 Å². The first-order chi connectivity index (χ1) is 7.02. The van der Waals surface area contributed by atoms with Crippen LogP contribution in [0.2, 0.25) is 0 Å². The summed E-state index contributed by atoms with van der Waals surface area (Å²) in [4.78, 5) is 23.9. The van der Waals surface area contributed by atoms with Gasteiger partial charge >= 0.3 is 5.97 Å². The number of rotatable bonds is 6. The molecule has 4 nitrogen and oxygen atoms in total. The van der Waals surface area contributed by atoms with Crippen LogP contribution in [-0.4, -0.2) is 29.5 Å². The van der Waals surface area contributed by atoms with Crippen molar-refractivity contribution in [2.45, 2.75) is 53.2 Å². The maximum atomic E-state index is 11.3. The fourth-order valence-corrected chi connectivity index (χ4v) is 1.26. The molecular formula is C11H21NO3. The molecule has 1 amide bonds. The number of amides is 1. The van der Waals surface area contributed by atoms with Gasteiger partial charge in [-0.1, -0.05) is 20.3 Å². The monoisotopic (exact) mass is 215 g/mol. The van der Waals surface area contributed by atoms with Gasteiger partial charge in [-0.25, -0.2) is 0 Å². The van der Waals surface area contributed by atoms with Gasteiger partial charge in [0.2, 0.25) is 5.91 Å². The lowest BCUT2D eigenvalue weighted by molar-refractivity contribution is -0.162. The number of ether oxygens (including phenoxy) is 1. The molecule has 0 aliphatic rings. The third kappa shape index (κ3) is 5.40. The van der Waals surface area contributed by atoms with Gasteiger partial charge in [0.15, 0.2) is 6.23 Å². The quantitative estimate of drug-likeness (QED) is 0.502. The summed E-state index contributed by atoms with van der Waals surface area (Å²) in [5, 5.41) is 0. The molecule has 0 radical (unpaired) electrons. The van der Waals surface area contributed by atoms with Crippen LogP contribution >= 0.6 is 0 Å². The van der Waals surface area contributed by atoms with Crippen LogP contribution in [0.1, 0.15) is 47.0 Å². The van der Waals surface area contributed by atoms with Gasteiger partial charge in [0.1, 0.15) is 0 Å². The lowest BCUT2D eigenvalue weighted by Gasteiger charge is -2.27. The van der Waals surface area contributed by atoms with E-state index in [0.717, 1.165) is 12.8 Å². The molecule has 0 aromatic rings. The van der Waals surface area contributed by atoms with Crippen LogP contribution in [0, 0.1) is 0 Å². The van der Waals surface area contributed by atoms with Gasteiger partial charge in [-0.05, 0) is 13.3 Å². The van der Waals surface area contributed by atoms with Gasteiger partial charge in [0, 0.05) is 19.9 Å². The summed E-state index contributed by atoms with van der Waals surface area (Å²) in [7, 11) is 0. The van der Waals surface area contributed by atoms with Crippen LogP contribution in [0.3, 0.4) is 0 Å². The number of esters is 1. The van der Waals surface area contributed by atoms with E-state index in [2.05, 4.69) is 6.92 Å². The summed E-state index contributed by atoms with van der Waals surface area (Å²) in [5.74, 6) is -0.329. The minimum Gasteiger partial charge on any atom is -0.442 e. The number of carbonyl (C=O) groups is 2. The Morgan fingerprint density at radius 2 is 1.93 bits per heavy atom. The summed E-state index contributed by atoms with van der Waals surface area (Å²) < 4.78 is 5.09. The second-order valence-electron chi connectivity index (χ2n) is 3.51. The topological polar surface area (TPSA) is 46.6 Å². The van der Waals surface area contributed by atoms with Crippen molar-refractivity contribution < 1.29 is 14.3 Å². The zero-order valence-corrected chi connectivity index (χ0v) is 10.1. The molecule has 0 saturated heterocycles. The molecule has 0 aromatic carbocycles. The number of unbranched alkanes of at least 4 members (excludes halogenated alkanes) is 1. The lowest BCUT2D eigenvalue weighted by atomic mass is 10.3. The van der Waals surface area contributed by atoms with Gasteiger partial charge in [-0.15, -0.1) is 0 Å². The van der Waals surface area contributed by atoms with Crippen molar-refractivity contribution in [3.05, 3.63) is 0 Å². The third-order valence-electron chi connectivity index (χ3n) is 2.19. The molecule has 0 aliphatic carbocycles. The first-order valence-corrected chi connectivity index (χ1v) is 5.49. The van der Waals surface area contributed by atoms with Gasteiger partial charge in [0.25, 0.3) is 0 Å². The molecule has 0 fully saturated rings. The van der Waals surface area contributed by atoms with Gasteiger partial charge in [0.05, 0.1) is 0 Å². The van der Waals surface area contributed by atoms with Crippen molar-refractivity contribution >= 4 is 11.9 Å². The van der Waals surface area contributed by atoms with E-state index < -0.39 is 6.23 Å². The molecule has 0 aliphatic heterocycles. The van der Waals surface area contributed by atoms with Crippen LogP contribution in [0.5, 0.6) is 0 Å². The maximum absolute atomic E-state index is 11.3. The number of hydrogen-bond donors (Lipinski definition) is 0. The summed E-state index contributed by atoms with van der Waals surface area (Å²) in [6, 6.07) is 0. The normalized spacial score (nSPS) is 12.0. The summed E-state index contributed by atoms with van der Waals surface area (Å²) >= 11 is 0. The van der Waals surface area contributed by atoms with E-state index >= 15 is 0 Å². The van der Waals surface area contributed by atoms with Crippen LogP contribution in [0.15, 0.2) is 0 Å². The van der Waals surface area contributed by atoms with E-state index in [1.54, 1.807) is 18.7 Å². The average molecular weight is 215 g/mol. The molecule has 0 rings (SSSR count). The van der Waals surface area contributed by atoms with Gasteiger partial charge in [-0.3, -0.25) is 9.59 Å². The van der Waals surface area contributed by atoms with E-state index in [1.165, 1.54) is 6.92 Å². The molecule has 0 N–H and O–H groups in total. The van der Waals surface area contributed by atoms with Gasteiger partial charge in [-0.2, -0.15) is 0 Å². The fraction of sp³-hybridized carbons (Fsp3) is 0.818. The minimum absolute atomic E-state index is 0.0557. The van der Waals surface area contributed by atoms with Crippen LogP contribution in [0.4, 0.5) is 0 Å². The molecule has 0 aromatic heterocycles. The second-order valence-corrected chi connectivity index (χ2v) is 3.51. The molecule has 1 atom stereocenters. The third-order valence-corrected chi connectivity index (χ3v) is 2.19. The summed E-state index contributed by atoms with van der Waals surface area (Å²) in [6.07, 6.45) is 1.82. The van der Waals surface area contributed by atoms with Gasteiger partial charge < -0.3 is 9.64 Å². The Balaban J connectivity index is 4.21. The first-order valence-electron chi connectivity index (χ1n) is 5.49. The molecule has 4 heteroatoms. The van der Waals surface area contributed by atoms with Crippen LogP contribution < -0.4 is 0 Å². The SMILES string of the molecule is CCCCN(C(C)=O)C(C)OC(=O)CC. The van der Waals surface area contributed by atoms with E-state index in [1.807, 2.05) is 0 Å². The van der Waals surface area contributed by atoms with E-state index in [0.29, 0.717) is 13.0 Å². The fourth-order valence-electron chi connectivity index (χ4n) is 1.26. The second kappa shape index (κ2) is 7.26. The molecule has 0 bridgehead atoms. The van der Waals surface area contributed by atoms with Crippen molar-refractivity contribution in [2.75, 3.05) is 6.54 Å². The van der Waals surface area contributed by atoms with Crippen LogP contribution in [0.25, 0.3) is 0 Å². The van der Waals surface area contributed by atoms with E-state index in [4.69, 9.17) is 4.74 Å². The minimum atomic E-state index is -0.457. The highest BCUT2D eigenvalue weighted by Gasteiger charge is 2.18. The molecular weight excluding hydrogens is 194 g/mol. The van der Waals surface area contributed by atoms with Crippen molar-refractivity contribution in [3.63, 3.8) is 0 Å².